The van der Waals surface area contributed by atoms with Crippen LogP contribution in [0.3, 0.4) is 0 Å². The van der Waals surface area contributed by atoms with Gasteiger partial charge in [0, 0.05) is 12.4 Å². The van der Waals surface area contributed by atoms with Crippen molar-refractivity contribution in [3.63, 3.8) is 0 Å². The van der Waals surface area contributed by atoms with Crippen molar-refractivity contribution < 1.29 is 0 Å². The van der Waals surface area contributed by atoms with Crippen molar-refractivity contribution in [2.24, 2.45) is 0 Å². The maximum atomic E-state index is 9.37. The second-order valence-corrected chi connectivity index (χ2v) is 4.52. The third kappa shape index (κ3) is 2.43. The molecule has 0 aliphatic heterocycles. The highest BCUT2D eigenvalue weighted by Crippen LogP contribution is 2.22. The van der Waals surface area contributed by atoms with E-state index in [1.807, 2.05) is 48.5 Å². The van der Waals surface area contributed by atoms with Gasteiger partial charge in [0.25, 0.3) is 0 Å². The number of allylic oxidation sites excluding steroid dienone is 1. The fourth-order valence-electron chi connectivity index (χ4n) is 2.17. The monoisotopic (exact) mass is 256 g/mol. The van der Waals surface area contributed by atoms with Crippen LogP contribution >= 0.6 is 0 Å². The topological polar surface area (TPSA) is 36.7 Å². The first-order valence-corrected chi connectivity index (χ1v) is 6.38. The van der Waals surface area contributed by atoms with Gasteiger partial charge in [-0.3, -0.25) is 4.98 Å². The Morgan fingerprint density at radius 3 is 2.60 bits per heavy atom. The second kappa shape index (κ2) is 5.38. The van der Waals surface area contributed by atoms with Gasteiger partial charge < -0.3 is 0 Å². The molecule has 2 nitrogen and oxygen atoms in total. The van der Waals surface area contributed by atoms with Crippen LogP contribution in [0.5, 0.6) is 0 Å². The van der Waals surface area contributed by atoms with E-state index in [9.17, 15) is 5.26 Å². The number of nitriles is 1. The van der Waals surface area contributed by atoms with Gasteiger partial charge >= 0.3 is 0 Å². The summed E-state index contributed by atoms with van der Waals surface area (Å²) in [5.74, 6) is 0. The van der Waals surface area contributed by atoms with E-state index in [2.05, 4.69) is 23.2 Å². The first kappa shape index (κ1) is 12.1. The molecule has 3 rings (SSSR count). The molecular weight excluding hydrogens is 244 g/mol. The van der Waals surface area contributed by atoms with Crippen LogP contribution in [0.2, 0.25) is 0 Å². The van der Waals surface area contributed by atoms with Gasteiger partial charge in [-0.1, -0.05) is 42.5 Å². The predicted octanol–water partition coefficient (Wildman–Crippen LogP) is 4.30. The van der Waals surface area contributed by atoms with E-state index in [1.165, 1.54) is 5.39 Å². The Labute approximate surface area is 117 Å². The Hall–Kier alpha value is -2.92. The summed E-state index contributed by atoms with van der Waals surface area (Å²) >= 11 is 0. The molecule has 0 bridgehead atoms. The largest absolute Gasteiger partial charge is 0.264 e. The standard InChI is InChI=1S/C18H12N2/c19-12-18(10-14-4-3-9-20-13-14)17-8-7-15-5-1-2-6-16(15)11-17/h1-11,13H/b18-10+. The van der Waals surface area contributed by atoms with Crippen LogP contribution in [0.15, 0.2) is 67.0 Å². The van der Waals surface area contributed by atoms with Crippen molar-refractivity contribution >= 4 is 22.4 Å². The highest BCUT2D eigenvalue weighted by atomic mass is 14.6. The zero-order valence-electron chi connectivity index (χ0n) is 10.8. The molecule has 2 aromatic carbocycles. The molecule has 0 radical (unpaired) electrons. The molecule has 0 saturated carbocycles. The third-order valence-corrected chi connectivity index (χ3v) is 3.18. The molecule has 2 heteroatoms. The number of benzene rings is 2. The summed E-state index contributed by atoms with van der Waals surface area (Å²) in [4.78, 5) is 4.06. The second-order valence-electron chi connectivity index (χ2n) is 4.52. The molecule has 0 spiro atoms. The lowest BCUT2D eigenvalue weighted by Gasteiger charge is -2.03. The SMILES string of the molecule is N#C/C(=C\c1cccnc1)c1ccc2ccccc2c1. The molecule has 0 unspecified atom stereocenters. The minimum Gasteiger partial charge on any atom is -0.264 e. The Balaban J connectivity index is 2.08. The minimum absolute atomic E-state index is 0.642. The van der Waals surface area contributed by atoms with E-state index >= 15 is 0 Å². The molecule has 20 heavy (non-hydrogen) atoms. The lowest BCUT2D eigenvalue weighted by molar-refractivity contribution is 1.32. The number of nitrogens with zero attached hydrogens (tertiary/aromatic N) is 2. The van der Waals surface area contributed by atoms with Crippen molar-refractivity contribution in [2.45, 2.75) is 0 Å². The predicted molar refractivity (Wildman–Crippen MR) is 81.7 cm³/mol. The van der Waals surface area contributed by atoms with Gasteiger partial charge in [-0.05, 0) is 40.1 Å². The van der Waals surface area contributed by atoms with Crippen LogP contribution in [0.1, 0.15) is 11.1 Å². The van der Waals surface area contributed by atoms with Gasteiger partial charge in [0.15, 0.2) is 0 Å². The summed E-state index contributed by atoms with van der Waals surface area (Å²) in [6.45, 7) is 0. The van der Waals surface area contributed by atoms with Crippen molar-refractivity contribution in [3.8, 4) is 6.07 Å². The smallest absolute Gasteiger partial charge is 0.0998 e. The molecule has 0 atom stereocenters. The van der Waals surface area contributed by atoms with Crippen LogP contribution in [0, 0.1) is 11.3 Å². The minimum atomic E-state index is 0.642. The zero-order chi connectivity index (χ0) is 13.8. The molecule has 3 aromatic rings. The number of rotatable bonds is 2. The van der Waals surface area contributed by atoms with Crippen LogP contribution in [0.25, 0.3) is 22.4 Å². The van der Waals surface area contributed by atoms with Gasteiger partial charge in [0.05, 0.1) is 11.6 Å². The first-order chi connectivity index (χ1) is 9.86. The van der Waals surface area contributed by atoms with E-state index in [0.717, 1.165) is 16.5 Å². The molecule has 0 amide bonds. The highest BCUT2D eigenvalue weighted by Gasteiger charge is 2.02. The summed E-state index contributed by atoms with van der Waals surface area (Å²) in [5.41, 5.74) is 2.50. The lowest BCUT2D eigenvalue weighted by Crippen LogP contribution is -1.83. The maximum absolute atomic E-state index is 9.37. The summed E-state index contributed by atoms with van der Waals surface area (Å²) in [7, 11) is 0. The van der Waals surface area contributed by atoms with Crippen molar-refractivity contribution in [2.75, 3.05) is 0 Å². The molecule has 0 saturated heterocycles. The number of hydrogen-bond acceptors (Lipinski definition) is 2. The molecule has 1 aromatic heterocycles. The Morgan fingerprint density at radius 1 is 1.00 bits per heavy atom. The van der Waals surface area contributed by atoms with Crippen molar-refractivity contribution in [1.29, 1.82) is 5.26 Å². The fourth-order valence-corrected chi connectivity index (χ4v) is 2.17. The Morgan fingerprint density at radius 2 is 1.85 bits per heavy atom. The van der Waals surface area contributed by atoms with Crippen LogP contribution < -0.4 is 0 Å². The summed E-state index contributed by atoms with van der Waals surface area (Å²) < 4.78 is 0. The number of hydrogen-bond donors (Lipinski definition) is 0. The summed E-state index contributed by atoms with van der Waals surface area (Å²) in [6, 6.07) is 20.3. The maximum Gasteiger partial charge on any atom is 0.0998 e. The van der Waals surface area contributed by atoms with E-state index in [-0.39, 0.29) is 0 Å². The Bertz CT molecular complexity index is 811. The van der Waals surface area contributed by atoms with E-state index < -0.39 is 0 Å². The number of pyridine rings is 1. The van der Waals surface area contributed by atoms with Crippen LogP contribution in [-0.4, -0.2) is 4.98 Å². The van der Waals surface area contributed by atoms with Crippen molar-refractivity contribution in [3.05, 3.63) is 78.1 Å². The molecule has 0 N–H and O–H groups in total. The molecule has 1 heterocycles. The Kier molecular flexibility index (Phi) is 3.26. The highest BCUT2D eigenvalue weighted by molar-refractivity contribution is 5.94. The third-order valence-electron chi connectivity index (χ3n) is 3.18. The van der Waals surface area contributed by atoms with Gasteiger partial charge in [0.1, 0.15) is 0 Å². The van der Waals surface area contributed by atoms with Crippen LogP contribution in [-0.2, 0) is 0 Å². The average Bonchev–Trinajstić information content (AvgIpc) is 2.53. The number of aromatic nitrogens is 1. The summed E-state index contributed by atoms with van der Waals surface area (Å²) in [5, 5.41) is 11.7. The van der Waals surface area contributed by atoms with E-state index in [0.29, 0.717) is 5.57 Å². The molecule has 0 fully saturated rings. The van der Waals surface area contributed by atoms with Gasteiger partial charge in [0.2, 0.25) is 0 Å². The van der Waals surface area contributed by atoms with Gasteiger partial charge in [-0.15, -0.1) is 0 Å². The zero-order valence-corrected chi connectivity index (χ0v) is 10.8. The number of fused-ring (bicyclic) bond motifs is 1. The van der Waals surface area contributed by atoms with E-state index in [4.69, 9.17) is 0 Å². The molecule has 0 aliphatic rings. The normalized spacial score (nSPS) is 11.2. The lowest BCUT2D eigenvalue weighted by atomic mass is 10.0. The molecular formula is C18H12N2. The van der Waals surface area contributed by atoms with Crippen LogP contribution in [0.4, 0.5) is 0 Å². The molecule has 0 aliphatic carbocycles. The van der Waals surface area contributed by atoms with Crippen molar-refractivity contribution in [1.82, 2.24) is 4.98 Å². The summed E-state index contributed by atoms with van der Waals surface area (Å²) in [6.07, 6.45) is 5.33. The van der Waals surface area contributed by atoms with Gasteiger partial charge in [-0.25, -0.2) is 0 Å². The average molecular weight is 256 g/mol. The quantitative estimate of drug-likeness (QED) is 0.641. The molecule has 94 valence electrons. The van der Waals surface area contributed by atoms with Gasteiger partial charge in [-0.2, -0.15) is 5.26 Å². The van der Waals surface area contributed by atoms with E-state index in [1.54, 1.807) is 12.4 Å². The fraction of sp³-hybridized carbons (Fsp3) is 0. The first-order valence-electron chi connectivity index (χ1n) is 6.38.